The van der Waals surface area contributed by atoms with Gasteiger partial charge in [0, 0.05) is 12.8 Å². The van der Waals surface area contributed by atoms with E-state index in [1.54, 1.807) is 0 Å². The summed E-state index contributed by atoms with van der Waals surface area (Å²) in [4.78, 5) is 23.0. The number of allylic oxidation sites excluding steroid dienone is 1. The van der Waals surface area contributed by atoms with Crippen LogP contribution in [0.4, 0.5) is 17.6 Å². The summed E-state index contributed by atoms with van der Waals surface area (Å²) in [7, 11) is 0. The number of fused-ring (bicyclic) bond motifs is 1. The second kappa shape index (κ2) is 7.96. The molecule has 0 aliphatic heterocycles. The fourth-order valence-electron chi connectivity index (χ4n) is 3.57. The van der Waals surface area contributed by atoms with Crippen LogP contribution in [0.2, 0.25) is 0 Å². The Morgan fingerprint density at radius 2 is 1.85 bits per heavy atom. The zero-order chi connectivity index (χ0) is 19.5. The lowest BCUT2D eigenvalue weighted by molar-refractivity contribution is -0.179. The van der Waals surface area contributed by atoms with Crippen LogP contribution >= 0.6 is 0 Å². The van der Waals surface area contributed by atoms with Gasteiger partial charge in [0.25, 0.3) is 0 Å². The fraction of sp³-hybridized carbons (Fsp3) is 0.778. The topological polar surface area (TPSA) is 52.6 Å². The third-order valence-electron chi connectivity index (χ3n) is 5.49. The lowest BCUT2D eigenvalue weighted by atomic mass is 9.49. The minimum absolute atomic E-state index is 0.0496. The molecule has 0 radical (unpaired) electrons. The molecule has 2 bridgehead atoms. The van der Waals surface area contributed by atoms with Crippen LogP contribution in [0.25, 0.3) is 0 Å². The van der Waals surface area contributed by atoms with Crippen molar-refractivity contribution < 1.29 is 36.6 Å². The van der Waals surface area contributed by atoms with Gasteiger partial charge in [-0.25, -0.2) is 8.78 Å². The molecule has 0 aromatic heterocycles. The summed E-state index contributed by atoms with van der Waals surface area (Å²) < 4.78 is 58.4. The van der Waals surface area contributed by atoms with Gasteiger partial charge in [0.05, 0.1) is 0 Å². The second-order valence-corrected chi connectivity index (χ2v) is 7.56. The molecule has 148 valence electrons. The molecular weight excluding hydrogens is 356 g/mol. The van der Waals surface area contributed by atoms with Crippen LogP contribution in [0.5, 0.6) is 0 Å². The van der Waals surface area contributed by atoms with E-state index < -0.39 is 30.9 Å². The molecule has 3 aliphatic rings. The van der Waals surface area contributed by atoms with Crippen molar-refractivity contribution in [1.29, 1.82) is 0 Å². The first-order valence-corrected chi connectivity index (χ1v) is 8.70. The first kappa shape index (κ1) is 20.7. The summed E-state index contributed by atoms with van der Waals surface area (Å²) in [6, 6.07) is 0. The average Bonchev–Trinajstić information content (AvgIpc) is 2.58. The van der Waals surface area contributed by atoms with Crippen molar-refractivity contribution in [2.45, 2.75) is 58.3 Å². The van der Waals surface area contributed by atoms with Gasteiger partial charge in [0.15, 0.2) is 6.61 Å². The van der Waals surface area contributed by atoms with Crippen molar-refractivity contribution in [3.8, 4) is 0 Å². The highest BCUT2D eigenvalue weighted by Gasteiger charge is 2.51. The summed E-state index contributed by atoms with van der Waals surface area (Å²) >= 11 is 0. The van der Waals surface area contributed by atoms with Crippen molar-refractivity contribution in [3.63, 3.8) is 0 Å². The Morgan fingerprint density at radius 3 is 2.38 bits per heavy atom. The maximum absolute atomic E-state index is 12.6. The Bertz CT molecular complexity index is 572. The predicted octanol–water partition coefficient (Wildman–Crippen LogP) is 4.14. The van der Waals surface area contributed by atoms with E-state index in [1.165, 1.54) is 0 Å². The van der Waals surface area contributed by atoms with Gasteiger partial charge in [0.1, 0.15) is 6.61 Å². The second-order valence-electron chi connectivity index (χ2n) is 7.56. The van der Waals surface area contributed by atoms with E-state index in [1.807, 2.05) is 0 Å². The van der Waals surface area contributed by atoms with Crippen LogP contribution in [0.15, 0.2) is 11.6 Å². The number of ether oxygens (including phenoxy) is 2. The number of halogens is 4. The van der Waals surface area contributed by atoms with E-state index in [4.69, 9.17) is 4.74 Å². The molecule has 0 amide bonds. The van der Waals surface area contributed by atoms with Crippen LogP contribution in [-0.2, 0) is 19.1 Å². The minimum Gasteiger partial charge on any atom is -0.461 e. The summed E-state index contributed by atoms with van der Waals surface area (Å²) in [5, 5.41) is 0. The Morgan fingerprint density at radius 1 is 1.23 bits per heavy atom. The molecule has 0 saturated heterocycles. The molecule has 1 fully saturated rings. The van der Waals surface area contributed by atoms with Gasteiger partial charge in [-0.15, -0.1) is 0 Å². The summed E-state index contributed by atoms with van der Waals surface area (Å²) in [5.74, 6) is -4.78. The zero-order valence-electron chi connectivity index (χ0n) is 14.9. The van der Waals surface area contributed by atoms with Crippen molar-refractivity contribution in [2.75, 3.05) is 13.2 Å². The van der Waals surface area contributed by atoms with Gasteiger partial charge in [-0.05, 0) is 42.1 Å². The molecule has 3 rings (SSSR count). The molecule has 8 heteroatoms. The Balaban J connectivity index is 1.61. The molecule has 0 aromatic rings. The van der Waals surface area contributed by atoms with Gasteiger partial charge in [0.2, 0.25) is 0 Å². The molecule has 2 atom stereocenters. The van der Waals surface area contributed by atoms with Crippen LogP contribution < -0.4 is 0 Å². The van der Waals surface area contributed by atoms with E-state index >= 15 is 0 Å². The highest BCUT2D eigenvalue weighted by molar-refractivity contribution is 5.72. The number of carbonyl (C=O) groups is 2. The third kappa shape index (κ3) is 4.76. The van der Waals surface area contributed by atoms with Gasteiger partial charge in [-0.1, -0.05) is 19.9 Å². The lowest BCUT2D eigenvalue weighted by Crippen LogP contribution is -2.48. The van der Waals surface area contributed by atoms with E-state index in [9.17, 15) is 27.2 Å². The number of hydrogen-bond acceptors (Lipinski definition) is 4. The molecule has 26 heavy (non-hydrogen) atoms. The first-order chi connectivity index (χ1) is 12.0. The van der Waals surface area contributed by atoms with Gasteiger partial charge in [-0.2, -0.15) is 8.78 Å². The first-order valence-electron chi connectivity index (χ1n) is 8.70. The Kier molecular flexibility index (Phi) is 6.34. The molecule has 0 N–H and O–H groups in total. The number of alkyl halides is 4. The highest BCUT2D eigenvalue weighted by atomic mass is 19.3. The molecule has 3 aliphatic carbocycles. The van der Waals surface area contributed by atoms with Crippen molar-refractivity contribution in [2.24, 2.45) is 17.3 Å². The SMILES string of the molecule is CC1(C)C2CC=C(COC(=O)CCCC(=O)OCC(F)(F)C(F)F)C1C2. The molecule has 2 unspecified atom stereocenters. The van der Waals surface area contributed by atoms with Crippen LogP contribution in [-0.4, -0.2) is 37.5 Å². The van der Waals surface area contributed by atoms with E-state index in [0.717, 1.165) is 18.4 Å². The minimum atomic E-state index is -4.36. The summed E-state index contributed by atoms with van der Waals surface area (Å²) in [6.07, 6.45) is 0.0111. The van der Waals surface area contributed by atoms with E-state index in [-0.39, 0.29) is 31.3 Å². The van der Waals surface area contributed by atoms with E-state index in [2.05, 4.69) is 24.7 Å². The summed E-state index contributed by atoms with van der Waals surface area (Å²) in [5.41, 5.74) is 1.36. The van der Waals surface area contributed by atoms with Crippen molar-refractivity contribution in [1.82, 2.24) is 0 Å². The molecule has 0 spiro atoms. The molecule has 4 nitrogen and oxygen atoms in total. The lowest BCUT2D eigenvalue weighted by Gasteiger charge is -2.56. The monoisotopic (exact) mass is 380 g/mol. The third-order valence-corrected chi connectivity index (χ3v) is 5.49. The van der Waals surface area contributed by atoms with Gasteiger partial charge >= 0.3 is 24.3 Å². The van der Waals surface area contributed by atoms with Crippen molar-refractivity contribution >= 4 is 11.9 Å². The standard InChI is InChI=1S/C18H24F4O4/c1-17(2)12-7-6-11(13(17)8-12)9-25-14(23)4-3-5-15(24)26-10-18(21,22)16(19)20/h6,12-13,16H,3-5,7-10H2,1-2H3. The quantitative estimate of drug-likeness (QED) is 0.343. The molecule has 0 aromatic carbocycles. The molecule has 0 heterocycles. The van der Waals surface area contributed by atoms with Crippen LogP contribution in [0.3, 0.4) is 0 Å². The normalized spacial score (nSPS) is 23.9. The van der Waals surface area contributed by atoms with Crippen molar-refractivity contribution in [3.05, 3.63) is 11.6 Å². The number of carbonyl (C=O) groups excluding carboxylic acids is 2. The molecular formula is C18H24F4O4. The van der Waals surface area contributed by atoms with Crippen LogP contribution in [0.1, 0.15) is 46.0 Å². The number of hydrogen-bond donors (Lipinski definition) is 0. The average molecular weight is 380 g/mol. The highest BCUT2D eigenvalue weighted by Crippen LogP contribution is 2.59. The fourth-order valence-corrected chi connectivity index (χ4v) is 3.57. The Hall–Kier alpha value is -1.60. The number of rotatable bonds is 9. The summed E-state index contributed by atoms with van der Waals surface area (Å²) in [6.45, 7) is 2.98. The maximum Gasteiger partial charge on any atom is 0.340 e. The van der Waals surface area contributed by atoms with Gasteiger partial charge in [-0.3, -0.25) is 9.59 Å². The smallest absolute Gasteiger partial charge is 0.340 e. The largest absolute Gasteiger partial charge is 0.461 e. The van der Waals surface area contributed by atoms with Gasteiger partial charge < -0.3 is 9.47 Å². The molecule has 1 saturated carbocycles. The zero-order valence-corrected chi connectivity index (χ0v) is 14.9. The predicted molar refractivity (Wildman–Crippen MR) is 84.8 cm³/mol. The maximum atomic E-state index is 12.6. The number of esters is 2. The Labute approximate surface area is 149 Å². The van der Waals surface area contributed by atoms with E-state index in [0.29, 0.717) is 11.8 Å². The van der Waals surface area contributed by atoms with Crippen LogP contribution in [0, 0.1) is 17.3 Å².